The van der Waals surface area contributed by atoms with E-state index in [-0.39, 0.29) is 18.9 Å². The highest BCUT2D eigenvalue weighted by molar-refractivity contribution is 7.88. The molecule has 0 aliphatic carbocycles. The Morgan fingerprint density at radius 3 is 2.28 bits per heavy atom. The fourth-order valence-corrected chi connectivity index (χ4v) is 4.23. The van der Waals surface area contributed by atoms with E-state index in [1.54, 1.807) is 6.92 Å². The molecule has 8 heteroatoms. The lowest BCUT2D eigenvalue weighted by molar-refractivity contribution is -0.144. The van der Waals surface area contributed by atoms with Crippen molar-refractivity contribution >= 4 is 16.0 Å². The molecular weight excluding hydrogens is 352 g/mol. The van der Waals surface area contributed by atoms with Crippen LogP contribution in [0.2, 0.25) is 0 Å². The molecule has 0 unspecified atom stereocenters. The maximum atomic E-state index is 13.6. The van der Waals surface area contributed by atoms with E-state index in [2.05, 4.69) is 0 Å². The number of rotatable bonds is 6. The maximum absolute atomic E-state index is 13.6. The van der Waals surface area contributed by atoms with Gasteiger partial charge in [0.05, 0.1) is 19.3 Å². The minimum Gasteiger partial charge on any atom is -0.466 e. The number of piperidine rings is 1. The molecule has 0 amide bonds. The first-order chi connectivity index (χ1) is 11.7. The maximum Gasteiger partial charge on any atom is 0.306 e. The summed E-state index contributed by atoms with van der Waals surface area (Å²) in [6, 6.07) is 3.25. The normalized spacial score (nSPS) is 18.1. The molecule has 1 fully saturated rings. The summed E-state index contributed by atoms with van der Waals surface area (Å²) in [5.74, 6) is -2.29. The minimum absolute atomic E-state index is 0.0142. The Kier molecular flexibility index (Phi) is 6.51. The molecule has 1 atom stereocenters. The van der Waals surface area contributed by atoms with Crippen LogP contribution in [0, 0.1) is 17.6 Å². The first kappa shape index (κ1) is 19.8. The molecule has 0 saturated carbocycles. The second-order valence-electron chi connectivity index (χ2n) is 6.32. The predicted molar refractivity (Wildman–Crippen MR) is 89.5 cm³/mol. The number of hydrogen-bond donors (Lipinski definition) is 0. The van der Waals surface area contributed by atoms with E-state index in [1.807, 2.05) is 0 Å². The van der Waals surface area contributed by atoms with E-state index in [9.17, 15) is 22.0 Å². The molecule has 25 heavy (non-hydrogen) atoms. The van der Waals surface area contributed by atoms with Crippen molar-refractivity contribution in [2.24, 2.45) is 5.92 Å². The minimum atomic E-state index is -3.26. The van der Waals surface area contributed by atoms with Gasteiger partial charge in [-0.05, 0) is 49.3 Å². The number of esters is 1. The highest BCUT2D eigenvalue weighted by Crippen LogP contribution is 2.36. The number of carbonyl (C=O) groups excluding carboxylic acids is 1. The monoisotopic (exact) mass is 375 g/mol. The molecule has 5 nitrogen and oxygen atoms in total. The summed E-state index contributed by atoms with van der Waals surface area (Å²) in [6.07, 6.45) is 2.22. The number of carbonyl (C=O) groups is 1. The quantitative estimate of drug-likeness (QED) is 0.717. The van der Waals surface area contributed by atoms with Gasteiger partial charge in [0.2, 0.25) is 10.0 Å². The van der Waals surface area contributed by atoms with Gasteiger partial charge in [0, 0.05) is 19.2 Å². The van der Waals surface area contributed by atoms with Crippen LogP contribution in [0.5, 0.6) is 0 Å². The number of hydrogen-bond acceptors (Lipinski definition) is 4. The fourth-order valence-electron chi connectivity index (χ4n) is 3.36. The van der Waals surface area contributed by atoms with Crippen LogP contribution in [0.15, 0.2) is 18.2 Å². The molecule has 0 N–H and O–H groups in total. The van der Waals surface area contributed by atoms with Gasteiger partial charge >= 0.3 is 5.97 Å². The summed E-state index contributed by atoms with van der Waals surface area (Å²) in [6.45, 7) is 2.59. The summed E-state index contributed by atoms with van der Waals surface area (Å²) in [5.41, 5.74) is 0.406. The van der Waals surface area contributed by atoms with Crippen LogP contribution in [-0.2, 0) is 19.6 Å². The molecule has 1 aromatic carbocycles. The van der Waals surface area contributed by atoms with Crippen molar-refractivity contribution in [1.29, 1.82) is 0 Å². The molecule has 1 aliphatic heterocycles. The molecule has 0 radical (unpaired) electrons. The zero-order valence-electron chi connectivity index (χ0n) is 14.4. The van der Waals surface area contributed by atoms with Crippen molar-refractivity contribution in [2.45, 2.75) is 32.1 Å². The lowest BCUT2D eigenvalue weighted by atomic mass is 9.78. The van der Waals surface area contributed by atoms with Crippen molar-refractivity contribution in [3.8, 4) is 0 Å². The van der Waals surface area contributed by atoms with Gasteiger partial charge in [-0.3, -0.25) is 4.79 Å². The van der Waals surface area contributed by atoms with Crippen LogP contribution in [0.4, 0.5) is 8.78 Å². The Hall–Kier alpha value is -1.54. The van der Waals surface area contributed by atoms with Gasteiger partial charge in [-0.1, -0.05) is 0 Å². The first-order valence-electron chi connectivity index (χ1n) is 8.27. The standard InChI is InChI=1S/C17H23F2NO4S/c1-3-24-17(21)11-16(13-8-14(18)10-15(19)9-13)12-4-6-20(7-5-12)25(2,22)23/h8-10,12,16H,3-7,11H2,1-2H3/t16-/m1/s1. The number of nitrogens with zero attached hydrogens (tertiary/aromatic N) is 1. The van der Waals surface area contributed by atoms with Crippen molar-refractivity contribution in [3.05, 3.63) is 35.4 Å². The topological polar surface area (TPSA) is 63.7 Å². The lowest BCUT2D eigenvalue weighted by Gasteiger charge is -2.35. The van der Waals surface area contributed by atoms with Crippen LogP contribution < -0.4 is 0 Å². The van der Waals surface area contributed by atoms with Crippen LogP contribution in [0.25, 0.3) is 0 Å². The van der Waals surface area contributed by atoms with Gasteiger partial charge < -0.3 is 4.74 Å². The Labute approximate surface area is 147 Å². The molecule has 1 aromatic rings. The second kappa shape index (κ2) is 8.23. The van der Waals surface area contributed by atoms with E-state index in [0.29, 0.717) is 31.5 Å². The zero-order valence-corrected chi connectivity index (χ0v) is 15.2. The summed E-state index contributed by atoms with van der Waals surface area (Å²) in [5, 5.41) is 0. The summed E-state index contributed by atoms with van der Waals surface area (Å²) in [4.78, 5) is 11.9. The lowest BCUT2D eigenvalue weighted by Crippen LogP contribution is -2.39. The fraction of sp³-hybridized carbons (Fsp3) is 0.588. The Morgan fingerprint density at radius 2 is 1.80 bits per heavy atom. The molecular formula is C17H23F2NO4S. The Bertz CT molecular complexity index is 695. The number of halogens is 2. The van der Waals surface area contributed by atoms with Crippen molar-refractivity contribution in [1.82, 2.24) is 4.31 Å². The van der Waals surface area contributed by atoms with Crippen LogP contribution >= 0.6 is 0 Å². The second-order valence-corrected chi connectivity index (χ2v) is 8.30. The first-order valence-corrected chi connectivity index (χ1v) is 10.1. The average molecular weight is 375 g/mol. The number of ether oxygens (including phenoxy) is 1. The van der Waals surface area contributed by atoms with E-state index < -0.39 is 33.5 Å². The van der Waals surface area contributed by atoms with Gasteiger partial charge in [0.1, 0.15) is 11.6 Å². The molecule has 0 aromatic heterocycles. The molecule has 140 valence electrons. The van der Waals surface area contributed by atoms with Crippen molar-refractivity contribution in [2.75, 3.05) is 26.0 Å². The Morgan fingerprint density at radius 1 is 1.24 bits per heavy atom. The van der Waals surface area contributed by atoms with Crippen molar-refractivity contribution in [3.63, 3.8) is 0 Å². The van der Waals surface area contributed by atoms with Crippen molar-refractivity contribution < 1.29 is 26.7 Å². The van der Waals surface area contributed by atoms with Gasteiger partial charge in [-0.2, -0.15) is 0 Å². The number of benzene rings is 1. The Balaban J connectivity index is 2.22. The van der Waals surface area contributed by atoms with E-state index in [1.165, 1.54) is 16.4 Å². The van der Waals surface area contributed by atoms with E-state index in [0.717, 1.165) is 12.3 Å². The van der Waals surface area contributed by atoms with Gasteiger partial charge in [-0.25, -0.2) is 21.5 Å². The predicted octanol–water partition coefficient (Wildman–Crippen LogP) is 2.67. The van der Waals surface area contributed by atoms with Gasteiger partial charge in [0.25, 0.3) is 0 Å². The summed E-state index contributed by atoms with van der Waals surface area (Å²) < 4.78 is 56.9. The highest BCUT2D eigenvalue weighted by Gasteiger charge is 2.32. The average Bonchev–Trinajstić information content (AvgIpc) is 2.51. The smallest absolute Gasteiger partial charge is 0.306 e. The molecule has 2 rings (SSSR count). The van der Waals surface area contributed by atoms with Crippen LogP contribution in [-0.4, -0.2) is 44.6 Å². The summed E-state index contributed by atoms with van der Waals surface area (Å²) >= 11 is 0. The molecule has 0 bridgehead atoms. The van der Waals surface area contributed by atoms with E-state index >= 15 is 0 Å². The summed E-state index contributed by atoms with van der Waals surface area (Å²) in [7, 11) is -3.26. The third-order valence-corrected chi connectivity index (χ3v) is 5.84. The third-order valence-electron chi connectivity index (χ3n) is 4.54. The zero-order chi connectivity index (χ0) is 18.6. The van der Waals surface area contributed by atoms with E-state index in [4.69, 9.17) is 4.74 Å². The van der Waals surface area contributed by atoms with Crippen LogP contribution in [0.3, 0.4) is 0 Å². The number of sulfonamides is 1. The SMILES string of the molecule is CCOC(=O)C[C@@H](c1cc(F)cc(F)c1)C1CCN(S(C)(=O)=O)CC1. The molecule has 0 spiro atoms. The highest BCUT2D eigenvalue weighted by atomic mass is 32.2. The largest absolute Gasteiger partial charge is 0.466 e. The third kappa shape index (κ3) is 5.47. The molecule has 1 aliphatic rings. The molecule has 1 heterocycles. The van der Waals surface area contributed by atoms with Gasteiger partial charge in [0.15, 0.2) is 0 Å². The van der Waals surface area contributed by atoms with Crippen LogP contribution in [0.1, 0.15) is 37.7 Å². The van der Waals surface area contributed by atoms with Gasteiger partial charge in [-0.15, -0.1) is 0 Å². The molecule has 1 saturated heterocycles.